The third-order valence-corrected chi connectivity index (χ3v) is 16.7. The van der Waals surface area contributed by atoms with Gasteiger partial charge >= 0.3 is 5.69 Å². The maximum atomic E-state index is 13.9. The molecule has 18 heteroatoms. The number of benzene rings is 2. The van der Waals surface area contributed by atoms with E-state index in [-0.39, 0.29) is 34.5 Å². The minimum Gasteiger partial charge on any atom is -0.616 e. The summed E-state index contributed by atoms with van der Waals surface area (Å²) in [5, 5.41) is 15.8. The molecule has 1 amide bonds. The fourth-order valence-corrected chi connectivity index (χ4v) is 12.5. The van der Waals surface area contributed by atoms with Crippen molar-refractivity contribution in [3.63, 3.8) is 0 Å². The molecular weight excluding hydrogens is 857 g/mol. The molecule has 3 saturated heterocycles. The summed E-state index contributed by atoms with van der Waals surface area (Å²) in [4.78, 5) is 41.3. The van der Waals surface area contributed by atoms with Crippen molar-refractivity contribution in [3.8, 4) is 11.5 Å². The smallest absolute Gasteiger partial charge is 0.312 e. The van der Waals surface area contributed by atoms with Crippen molar-refractivity contribution in [2.24, 2.45) is 11.3 Å². The molecule has 64 heavy (non-hydrogen) atoms. The monoisotopic (exact) mass is 908 g/mol. The summed E-state index contributed by atoms with van der Waals surface area (Å²) in [6.07, 6.45) is 12.6. The highest BCUT2D eigenvalue weighted by atomic mass is 32.2. The SMILES string of the molecule is O=C(NS(=O)(=O)c1cnc(NCC2CC[S+]([O-])CC2)c([N+](=O)[O-])c1)c1ccc(N2CCC3(CC2)CC(N2CCOC[C@@H]2c2ccccc2C2CC2)C3)cc1Oc1cnc2[nH]ccc2c1. The van der Waals surface area contributed by atoms with Gasteiger partial charge in [0.25, 0.3) is 15.9 Å². The second-order valence-corrected chi connectivity index (χ2v) is 21.4. The average Bonchev–Trinajstić information content (AvgIpc) is 4.04. The first-order valence-corrected chi connectivity index (χ1v) is 25.2. The number of morpholine rings is 1. The predicted molar refractivity (Wildman–Crippen MR) is 243 cm³/mol. The number of piperidine rings is 1. The van der Waals surface area contributed by atoms with Crippen LogP contribution in [0.25, 0.3) is 11.0 Å². The highest BCUT2D eigenvalue weighted by Crippen LogP contribution is 2.54. The molecule has 0 radical (unpaired) electrons. The van der Waals surface area contributed by atoms with E-state index in [0.29, 0.717) is 54.2 Å². The van der Waals surface area contributed by atoms with Gasteiger partial charge in [-0.3, -0.25) is 19.8 Å². The minimum atomic E-state index is -4.63. The molecule has 2 saturated carbocycles. The zero-order valence-corrected chi connectivity index (χ0v) is 37.1. The van der Waals surface area contributed by atoms with E-state index in [1.807, 2.05) is 6.07 Å². The Hall–Kier alpha value is -5.27. The number of carbonyl (C=O) groups excluding carboxylic acids is 1. The van der Waals surface area contributed by atoms with Crippen LogP contribution in [0.4, 0.5) is 17.2 Å². The van der Waals surface area contributed by atoms with Gasteiger partial charge in [-0.1, -0.05) is 35.4 Å². The van der Waals surface area contributed by atoms with Crippen molar-refractivity contribution < 1.29 is 32.2 Å². The molecule has 16 nitrogen and oxygen atoms in total. The lowest BCUT2D eigenvalue weighted by Gasteiger charge is -2.57. The van der Waals surface area contributed by atoms with Crippen LogP contribution in [0.5, 0.6) is 11.5 Å². The van der Waals surface area contributed by atoms with Gasteiger partial charge in [-0.25, -0.2) is 23.1 Å². The van der Waals surface area contributed by atoms with Crippen LogP contribution < -0.4 is 19.7 Å². The number of pyridine rings is 2. The molecule has 0 bridgehead atoms. The van der Waals surface area contributed by atoms with Gasteiger partial charge in [0.15, 0.2) is 0 Å². The highest BCUT2D eigenvalue weighted by Gasteiger charge is 2.50. The van der Waals surface area contributed by atoms with Crippen molar-refractivity contribution in [3.05, 3.63) is 106 Å². The number of anilines is 2. The second kappa shape index (κ2) is 17.6. The van der Waals surface area contributed by atoms with Crippen LogP contribution >= 0.6 is 0 Å². The summed E-state index contributed by atoms with van der Waals surface area (Å²) in [6, 6.07) is 19.4. The Bertz CT molecular complexity index is 2650. The summed E-state index contributed by atoms with van der Waals surface area (Å²) >= 11 is -0.851. The van der Waals surface area contributed by atoms with E-state index >= 15 is 0 Å². The van der Waals surface area contributed by atoms with E-state index in [1.165, 1.54) is 30.2 Å². The number of rotatable bonds is 13. The molecule has 336 valence electrons. The van der Waals surface area contributed by atoms with Gasteiger partial charge in [-0.2, -0.15) is 0 Å². The number of hydrogen-bond acceptors (Lipinski definition) is 13. The molecule has 6 heterocycles. The first-order valence-electron chi connectivity index (χ1n) is 22.2. The van der Waals surface area contributed by atoms with E-state index in [9.17, 15) is 27.9 Å². The zero-order chi connectivity index (χ0) is 44.0. The van der Waals surface area contributed by atoms with Crippen LogP contribution in [0.2, 0.25) is 0 Å². The van der Waals surface area contributed by atoms with Crippen LogP contribution in [-0.4, -0.2) is 101 Å². The normalized spacial score (nSPS) is 22.8. The van der Waals surface area contributed by atoms with Crippen LogP contribution in [0.15, 0.2) is 84.1 Å². The number of hydrogen-bond donors (Lipinski definition) is 3. The maximum absolute atomic E-state index is 13.9. The summed E-state index contributed by atoms with van der Waals surface area (Å²) < 4.78 is 53.6. The van der Waals surface area contributed by atoms with Gasteiger partial charge < -0.3 is 29.2 Å². The first-order chi connectivity index (χ1) is 31.0. The van der Waals surface area contributed by atoms with Crippen LogP contribution in [-0.2, 0) is 25.9 Å². The first kappa shape index (κ1) is 42.7. The fraction of sp³-hybridized carbons (Fsp3) is 0.457. The summed E-state index contributed by atoms with van der Waals surface area (Å²) in [5.41, 5.74) is 4.10. The lowest BCUT2D eigenvalue weighted by molar-refractivity contribution is -0.384. The van der Waals surface area contributed by atoms with Crippen molar-refractivity contribution >= 4 is 55.3 Å². The molecule has 1 spiro atoms. The molecule has 3 aromatic heterocycles. The number of fused-ring (bicyclic) bond motifs is 1. The lowest BCUT2D eigenvalue weighted by Crippen LogP contribution is -2.58. The van der Waals surface area contributed by atoms with Gasteiger partial charge in [-0.05, 0) is 104 Å². The van der Waals surface area contributed by atoms with E-state index in [4.69, 9.17) is 9.47 Å². The van der Waals surface area contributed by atoms with Crippen LogP contribution in [0, 0.1) is 21.4 Å². The summed E-state index contributed by atoms with van der Waals surface area (Å²) in [5.74, 6) is 1.40. The standard InChI is InChI=1S/C46H52N8O8S2/c55-45(51-64(59,60)36-23-40(54(56)57)44(50-28-36)48-26-30-10-19-63(58)20-11-30)39-8-7-33(22-42(39)62-35-21-32-9-14-47-43(32)49-27-35)52-15-12-46(13-16-52)24-34(25-46)53-17-18-61-29-41(53)38-4-2-1-3-37(38)31-5-6-31/h1-4,7-9,14,21-23,27-28,30-31,34,41H,5-6,10-13,15-20,24-26,29H2,(H,47,49)(H,48,50)(H,51,55)/t30?,41-,63?/m1/s1. The molecule has 0 unspecified atom stereocenters. The number of ether oxygens (including phenoxy) is 2. The number of H-pyrrole nitrogens is 1. The van der Waals surface area contributed by atoms with Gasteiger partial charge in [0.2, 0.25) is 5.82 Å². The zero-order valence-electron chi connectivity index (χ0n) is 35.4. The molecule has 10 rings (SSSR count). The Morgan fingerprint density at radius 3 is 2.53 bits per heavy atom. The highest BCUT2D eigenvalue weighted by molar-refractivity contribution is 7.91. The Morgan fingerprint density at radius 2 is 1.77 bits per heavy atom. The molecule has 3 aliphatic heterocycles. The van der Waals surface area contributed by atoms with E-state index in [2.05, 4.69) is 59.1 Å². The number of aromatic nitrogens is 3. The van der Waals surface area contributed by atoms with Crippen molar-refractivity contribution in [2.45, 2.75) is 74.3 Å². The van der Waals surface area contributed by atoms with Gasteiger partial charge in [-0.15, -0.1) is 0 Å². The number of aromatic amines is 1. The number of sulfonamides is 1. The third-order valence-electron chi connectivity index (χ3n) is 14.0. The number of nitro groups is 1. The molecule has 3 N–H and O–H groups in total. The summed E-state index contributed by atoms with van der Waals surface area (Å²) in [7, 11) is -4.63. The van der Waals surface area contributed by atoms with E-state index < -0.39 is 42.6 Å². The third kappa shape index (κ3) is 8.90. The van der Waals surface area contributed by atoms with E-state index in [1.54, 1.807) is 30.5 Å². The number of carbonyl (C=O) groups is 1. The fourth-order valence-electron chi connectivity index (χ4n) is 10.2. The predicted octanol–water partition coefficient (Wildman–Crippen LogP) is 7.05. The van der Waals surface area contributed by atoms with Gasteiger partial charge in [0.1, 0.15) is 33.5 Å². The van der Waals surface area contributed by atoms with Crippen molar-refractivity contribution in [1.82, 2.24) is 24.6 Å². The molecule has 5 aliphatic rings. The molecule has 1 atom stereocenters. The van der Waals surface area contributed by atoms with Crippen molar-refractivity contribution in [2.75, 3.05) is 61.1 Å². The molecule has 2 aliphatic carbocycles. The Balaban J connectivity index is 0.838. The van der Waals surface area contributed by atoms with Crippen LogP contribution in [0.3, 0.4) is 0 Å². The largest absolute Gasteiger partial charge is 0.616 e. The van der Waals surface area contributed by atoms with E-state index in [0.717, 1.165) is 81.9 Å². The summed E-state index contributed by atoms with van der Waals surface area (Å²) in [6.45, 7) is 4.44. The topological polar surface area (TPSA) is 208 Å². The van der Waals surface area contributed by atoms with Gasteiger partial charge in [0.05, 0.1) is 42.1 Å². The quantitative estimate of drug-likeness (QED) is 0.0616. The molecule has 2 aromatic carbocycles. The Kier molecular flexibility index (Phi) is 11.7. The minimum absolute atomic E-state index is 0.0470. The molecule has 5 fully saturated rings. The molecular formula is C46H52N8O8S2. The number of amides is 1. The Morgan fingerprint density at radius 1 is 0.984 bits per heavy atom. The van der Waals surface area contributed by atoms with Crippen molar-refractivity contribution in [1.29, 1.82) is 0 Å². The second-order valence-electron chi connectivity index (χ2n) is 18.1. The molecule has 5 aromatic rings. The number of nitrogens with zero attached hydrogens (tertiary/aromatic N) is 5. The average molecular weight is 909 g/mol. The Labute approximate surface area is 374 Å². The number of nitrogens with one attached hydrogen (secondary N) is 3. The lowest BCUT2D eigenvalue weighted by atomic mass is 9.59. The van der Waals surface area contributed by atoms with Gasteiger partial charge in [0, 0.05) is 61.6 Å². The van der Waals surface area contributed by atoms with Crippen LogP contribution in [0.1, 0.15) is 84.8 Å². The maximum Gasteiger partial charge on any atom is 0.312 e.